The van der Waals surface area contributed by atoms with Crippen LogP contribution in [0.5, 0.6) is 0 Å². The normalized spacial score (nSPS) is 15.7. The Kier molecular flexibility index (Phi) is 3.43. The Morgan fingerprint density at radius 3 is 2.65 bits per heavy atom. The van der Waals surface area contributed by atoms with E-state index in [1.54, 1.807) is 11.8 Å². The van der Waals surface area contributed by atoms with E-state index in [0.717, 1.165) is 30.8 Å². The molecule has 8 heteroatoms. The fourth-order valence-electron chi connectivity index (χ4n) is 1.43. The average Bonchev–Trinajstić information content (AvgIpc) is 2.63. The lowest BCUT2D eigenvalue weighted by Gasteiger charge is -2.29. The van der Waals surface area contributed by atoms with Gasteiger partial charge in [-0.15, -0.1) is 10.2 Å². The van der Waals surface area contributed by atoms with Crippen molar-refractivity contribution in [2.45, 2.75) is 24.1 Å². The van der Waals surface area contributed by atoms with Gasteiger partial charge in [0.15, 0.2) is 0 Å². The zero-order valence-electron chi connectivity index (χ0n) is 9.42. The van der Waals surface area contributed by atoms with E-state index in [0.29, 0.717) is 6.42 Å². The quantitative estimate of drug-likeness (QED) is 0.802. The molecule has 1 fully saturated rings. The topological polar surface area (TPSA) is 80.2 Å². The largest absolute Gasteiger partial charge is 0.336 e. The molecule has 1 saturated heterocycles. The average molecular weight is 275 g/mol. The van der Waals surface area contributed by atoms with Gasteiger partial charge in [0.25, 0.3) is 5.91 Å². The van der Waals surface area contributed by atoms with E-state index in [-0.39, 0.29) is 21.0 Å². The van der Waals surface area contributed by atoms with Gasteiger partial charge in [0, 0.05) is 13.1 Å². The molecular formula is C9H13N3O3S2. The smallest absolute Gasteiger partial charge is 0.284 e. The Labute approximate surface area is 104 Å². The molecule has 1 amide bonds. The molecule has 0 bridgehead atoms. The first kappa shape index (κ1) is 12.4. The molecule has 1 aromatic rings. The molecule has 2 heterocycles. The van der Waals surface area contributed by atoms with E-state index < -0.39 is 9.84 Å². The predicted molar refractivity (Wildman–Crippen MR) is 62.8 cm³/mol. The second kappa shape index (κ2) is 4.69. The Morgan fingerprint density at radius 2 is 2.12 bits per heavy atom. The van der Waals surface area contributed by atoms with Crippen molar-refractivity contribution in [3.63, 3.8) is 0 Å². The van der Waals surface area contributed by atoms with Crippen LogP contribution in [-0.2, 0) is 9.84 Å². The summed E-state index contributed by atoms with van der Waals surface area (Å²) in [5.41, 5.74) is 0. The van der Waals surface area contributed by atoms with Crippen LogP contribution < -0.4 is 0 Å². The molecule has 1 aliphatic rings. The van der Waals surface area contributed by atoms with Gasteiger partial charge in [-0.1, -0.05) is 18.3 Å². The molecule has 17 heavy (non-hydrogen) atoms. The van der Waals surface area contributed by atoms with Gasteiger partial charge in [-0.2, -0.15) is 0 Å². The number of amides is 1. The third kappa shape index (κ3) is 2.47. The van der Waals surface area contributed by atoms with Gasteiger partial charge < -0.3 is 4.90 Å². The third-order valence-electron chi connectivity index (χ3n) is 2.47. The summed E-state index contributed by atoms with van der Waals surface area (Å²) in [7, 11) is -3.36. The van der Waals surface area contributed by atoms with E-state index >= 15 is 0 Å². The van der Waals surface area contributed by atoms with E-state index in [1.807, 2.05) is 0 Å². The molecule has 0 saturated carbocycles. The number of sulfone groups is 1. The molecule has 0 atom stereocenters. The number of hydrogen-bond acceptors (Lipinski definition) is 6. The number of aromatic nitrogens is 2. The zero-order chi connectivity index (χ0) is 12.5. The van der Waals surface area contributed by atoms with E-state index in [2.05, 4.69) is 10.2 Å². The van der Waals surface area contributed by atoms with Crippen LogP contribution in [0.3, 0.4) is 0 Å². The van der Waals surface area contributed by atoms with Gasteiger partial charge in [-0.25, -0.2) is 8.42 Å². The highest BCUT2D eigenvalue weighted by Gasteiger charge is 2.27. The summed E-state index contributed by atoms with van der Waals surface area (Å²) in [6, 6.07) is 0. The standard InChI is InChI=1S/C9H13N3O3S2/c1-2-6-17(14,15)9-11-10-7(16-9)8(13)12-4-3-5-12/h2-6H2,1H3. The highest BCUT2D eigenvalue weighted by atomic mass is 32.2. The first-order valence-electron chi connectivity index (χ1n) is 5.40. The number of likely N-dealkylation sites (tertiary alicyclic amines) is 1. The van der Waals surface area contributed by atoms with Crippen LogP contribution in [0.15, 0.2) is 4.34 Å². The summed E-state index contributed by atoms with van der Waals surface area (Å²) in [5, 5.41) is 7.43. The monoisotopic (exact) mass is 275 g/mol. The highest BCUT2D eigenvalue weighted by Crippen LogP contribution is 2.20. The summed E-state index contributed by atoms with van der Waals surface area (Å²) >= 11 is 0.864. The van der Waals surface area contributed by atoms with Crippen LogP contribution in [0.2, 0.25) is 0 Å². The molecular weight excluding hydrogens is 262 g/mol. The second-order valence-corrected chi connectivity index (χ2v) is 7.10. The highest BCUT2D eigenvalue weighted by molar-refractivity contribution is 7.93. The summed E-state index contributed by atoms with van der Waals surface area (Å²) in [6.07, 6.45) is 1.52. The Hall–Kier alpha value is -1.02. The lowest BCUT2D eigenvalue weighted by atomic mass is 10.2. The summed E-state index contributed by atoms with van der Waals surface area (Å²) in [4.78, 5) is 13.4. The number of carbonyl (C=O) groups excluding carboxylic acids is 1. The van der Waals surface area contributed by atoms with Crippen LogP contribution in [0.25, 0.3) is 0 Å². The summed E-state index contributed by atoms with van der Waals surface area (Å²) in [5.74, 6) is -0.175. The van der Waals surface area contributed by atoms with Crippen LogP contribution >= 0.6 is 11.3 Å². The van der Waals surface area contributed by atoms with Crippen LogP contribution in [0.1, 0.15) is 29.6 Å². The molecule has 0 unspecified atom stereocenters. The molecule has 0 radical (unpaired) electrons. The van der Waals surface area contributed by atoms with Crippen molar-refractivity contribution in [2.75, 3.05) is 18.8 Å². The summed E-state index contributed by atoms with van der Waals surface area (Å²) < 4.78 is 23.4. The minimum atomic E-state index is -3.36. The first-order chi connectivity index (χ1) is 8.04. The first-order valence-corrected chi connectivity index (χ1v) is 7.87. The number of rotatable bonds is 4. The fourth-order valence-corrected chi connectivity index (χ4v) is 3.85. The van der Waals surface area contributed by atoms with E-state index in [9.17, 15) is 13.2 Å². The lowest BCUT2D eigenvalue weighted by Crippen LogP contribution is -2.41. The second-order valence-electron chi connectivity index (χ2n) is 3.84. The minimum Gasteiger partial charge on any atom is -0.336 e. The molecule has 1 aromatic heterocycles. The predicted octanol–water partition coefficient (Wildman–Crippen LogP) is 0.568. The summed E-state index contributed by atoms with van der Waals surface area (Å²) in [6.45, 7) is 3.22. The van der Waals surface area contributed by atoms with Crippen molar-refractivity contribution in [2.24, 2.45) is 0 Å². The Bertz CT molecular complexity index is 519. The number of carbonyl (C=O) groups is 1. The van der Waals surface area contributed by atoms with Crippen molar-refractivity contribution >= 4 is 27.1 Å². The van der Waals surface area contributed by atoms with Crippen molar-refractivity contribution in [3.8, 4) is 0 Å². The molecule has 0 aromatic carbocycles. The fraction of sp³-hybridized carbons (Fsp3) is 0.667. The molecule has 6 nitrogen and oxygen atoms in total. The Balaban J connectivity index is 2.18. The molecule has 0 N–H and O–H groups in total. The maximum absolute atomic E-state index is 11.8. The minimum absolute atomic E-state index is 0.0412. The zero-order valence-corrected chi connectivity index (χ0v) is 11.1. The Morgan fingerprint density at radius 1 is 1.41 bits per heavy atom. The van der Waals surface area contributed by atoms with E-state index in [1.165, 1.54) is 0 Å². The lowest BCUT2D eigenvalue weighted by molar-refractivity contribution is 0.0650. The number of hydrogen-bond donors (Lipinski definition) is 0. The van der Waals surface area contributed by atoms with Gasteiger partial charge in [-0.3, -0.25) is 4.79 Å². The number of nitrogens with zero attached hydrogens (tertiary/aromatic N) is 3. The molecule has 0 aliphatic carbocycles. The van der Waals surface area contributed by atoms with Gasteiger partial charge >= 0.3 is 0 Å². The van der Waals surface area contributed by atoms with Gasteiger partial charge in [0.1, 0.15) is 0 Å². The third-order valence-corrected chi connectivity index (χ3v) is 5.75. The van der Waals surface area contributed by atoms with Crippen LogP contribution in [0, 0.1) is 0 Å². The SMILES string of the molecule is CCCS(=O)(=O)c1nnc(C(=O)N2CCC2)s1. The van der Waals surface area contributed by atoms with Crippen molar-refractivity contribution in [1.29, 1.82) is 0 Å². The van der Waals surface area contributed by atoms with Gasteiger partial charge in [-0.05, 0) is 12.8 Å². The van der Waals surface area contributed by atoms with Crippen molar-refractivity contribution in [1.82, 2.24) is 15.1 Å². The molecule has 2 rings (SSSR count). The van der Waals surface area contributed by atoms with Crippen molar-refractivity contribution in [3.05, 3.63) is 5.01 Å². The molecule has 94 valence electrons. The molecule has 0 spiro atoms. The van der Waals surface area contributed by atoms with Gasteiger partial charge in [0.2, 0.25) is 19.2 Å². The van der Waals surface area contributed by atoms with Gasteiger partial charge in [0.05, 0.1) is 5.75 Å². The van der Waals surface area contributed by atoms with Crippen LogP contribution in [0.4, 0.5) is 0 Å². The van der Waals surface area contributed by atoms with Crippen molar-refractivity contribution < 1.29 is 13.2 Å². The maximum Gasteiger partial charge on any atom is 0.284 e. The maximum atomic E-state index is 11.8. The van der Waals surface area contributed by atoms with E-state index in [4.69, 9.17) is 0 Å². The molecule has 1 aliphatic heterocycles. The van der Waals surface area contributed by atoms with Crippen LogP contribution in [-0.4, -0.2) is 48.3 Å².